The van der Waals surface area contributed by atoms with Crippen molar-refractivity contribution in [3.8, 4) is 6.07 Å². The quantitative estimate of drug-likeness (QED) is 0.529. The zero-order valence-corrected chi connectivity index (χ0v) is 22.1. The van der Waals surface area contributed by atoms with Crippen LogP contribution in [0.5, 0.6) is 0 Å². The Hall–Kier alpha value is -3.53. The van der Waals surface area contributed by atoms with Gasteiger partial charge < -0.3 is 15.0 Å². The molecule has 0 spiro atoms. The Kier molecular flexibility index (Phi) is 7.83. The molecule has 0 unspecified atom stereocenters. The third-order valence-electron chi connectivity index (χ3n) is 7.61. The lowest BCUT2D eigenvalue weighted by atomic mass is 10.2. The van der Waals surface area contributed by atoms with E-state index in [-0.39, 0.29) is 42.6 Å². The fraction of sp³-hybridized carbons (Fsp3) is 0.444. The van der Waals surface area contributed by atoms with Gasteiger partial charge in [0.15, 0.2) is 0 Å². The van der Waals surface area contributed by atoms with Crippen LogP contribution in [0.4, 0.5) is 9.18 Å². The summed E-state index contributed by atoms with van der Waals surface area (Å²) < 4.78 is 46.8. The van der Waals surface area contributed by atoms with Gasteiger partial charge in [-0.3, -0.25) is 9.69 Å². The highest BCUT2D eigenvalue weighted by atomic mass is 32.2. The Morgan fingerprint density at radius 3 is 2.62 bits per heavy atom. The highest BCUT2D eigenvalue weighted by Gasteiger charge is 2.49. The van der Waals surface area contributed by atoms with Gasteiger partial charge in [0.1, 0.15) is 24.5 Å². The summed E-state index contributed by atoms with van der Waals surface area (Å²) in [6.07, 6.45) is 1.11. The van der Waals surface area contributed by atoms with Gasteiger partial charge in [-0.05, 0) is 43.0 Å². The predicted molar refractivity (Wildman–Crippen MR) is 138 cm³/mol. The Morgan fingerprint density at radius 1 is 1.13 bits per heavy atom. The third-order valence-corrected chi connectivity index (χ3v) is 9.53. The minimum atomic E-state index is -3.87. The van der Waals surface area contributed by atoms with Crippen LogP contribution in [-0.2, 0) is 26.2 Å². The van der Waals surface area contributed by atoms with Crippen molar-refractivity contribution in [1.82, 2.24) is 19.4 Å². The lowest BCUT2D eigenvalue weighted by Crippen LogP contribution is -2.57. The SMILES string of the molecule is N#C[C@@H]1CCCN1C(=O)[C@H](CN1C[C@H]2C[C@@H]1CN2S(=O)(=O)c1cccc(F)c1)NC(=O)OCc1ccccc1. The van der Waals surface area contributed by atoms with Crippen molar-refractivity contribution in [3.05, 3.63) is 66.0 Å². The number of hydrogen-bond donors (Lipinski definition) is 1. The van der Waals surface area contributed by atoms with Gasteiger partial charge in [-0.15, -0.1) is 0 Å². The topological polar surface area (TPSA) is 123 Å². The molecule has 5 rings (SSSR count). The number of halogens is 1. The number of hydrogen-bond acceptors (Lipinski definition) is 7. The van der Waals surface area contributed by atoms with Crippen LogP contribution >= 0.6 is 0 Å². The largest absolute Gasteiger partial charge is 0.445 e. The Bertz CT molecular complexity index is 1370. The summed E-state index contributed by atoms with van der Waals surface area (Å²) in [5.74, 6) is -0.978. The zero-order chi connectivity index (χ0) is 27.6. The van der Waals surface area contributed by atoms with Crippen molar-refractivity contribution in [1.29, 1.82) is 5.26 Å². The number of nitriles is 1. The van der Waals surface area contributed by atoms with Crippen LogP contribution in [0.2, 0.25) is 0 Å². The highest BCUT2D eigenvalue weighted by molar-refractivity contribution is 7.89. The number of carbonyl (C=O) groups excluding carboxylic acids is 2. The van der Waals surface area contributed by atoms with Crippen molar-refractivity contribution < 1.29 is 27.1 Å². The molecule has 3 aliphatic rings. The van der Waals surface area contributed by atoms with Gasteiger partial charge in [-0.2, -0.15) is 9.57 Å². The fourth-order valence-corrected chi connectivity index (χ4v) is 7.38. The number of piperazine rings is 1. The molecule has 3 heterocycles. The predicted octanol–water partition coefficient (Wildman–Crippen LogP) is 2.08. The monoisotopic (exact) mass is 555 g/mol. The van der Waals surface area contributed by atoms with E-state index in [0.717, 1.165) is 11.6 Å². The van der Waals surface area contributed by atoms with Crippen LogP contribution in [0.3, 0.4) is 0 Å². The Labute approximate surface area is 227 Å². The van der Waals surface area contributed by atoms with Crippen molar-refractivity contribution in [2.24, 2.45) is 0 Å². The molecule has 2 aromatic carbocycles. The Morgan fingerprint density at radius 2 is 1.92 bits per heavy atom. The molecular formula is C27H30FN5O5S. The Balaban J connectivity index is 1.27. The number of nitrogens with zero attached hydrogens (tertiary/aromatic N) is 4. The van der Waals surface area contributed by atoms with Crippen LogP contribution < -0.4 is 5.32 Å². The number of carbonyl (C=O) groups is 2. The van der Waals surface area contributed by atoms with Crippen LogP contribution in [0.25, 0.3) is 0 Å². The minimum absolute atomic E-state index is 0.0411. The molecule has 2 aromatic rings. The van der Waals surface area contributed by atoms with E-state index < -0.39 is 34.0 Å². The second-order valence-electron chi connectivity index (χ2n) is 10.1. The summed E-state index contributed by atoms with van der Waals surface area (Å²) >= 11 is 0. The second kappa shape index (κ2) is 11.3. The van der Waals surface area contributed by atoms with E-state index in [1.165, 1.54) is 27.4 Å². The average molecular weight is 556 g/mol. The van der Waals surface area contributed by atoms with Gasteiger partial charge in [0, 0.05) is 38.3 Å². The molecule has 206 valence electrons. The van der Waals surface area contributed by atoms with E-state index in [2.05, 4.69) is 11.4 Å². The van der Waals surface area contributed by atoms with Crippen LogP contribution in [0.15, 0.2) is 59.5 Å². The van der Waals surface area contributed by atoms with Gasteiger partial charge >= 0.3 is 6.09 Å². The van der Waals surface area contributed by atoms with Gasteiger partial charge in [-0.25, -0.2) is 17.6 Å². The molecule has 12 heteroatoms. The maximum Gasteiger partial charge on any atom is 0.408 e. The summed E-state index contributed by atoms with van der Waals surface area (Å²) in [5.41, 5.74) is 0.802. The lowest BCUT2D eigenvalue weighted by Gasteiger charge is -2.36. The molecular weight excluding hydrogens is 525 g/mol. The number of nitrogens with one attached hydrogen (secondary N) is 1. The minimum Gasteiger partial charge on any atom is -0.445 e. The number of benzene rings is 2. The number of alkyl carbamates (subject to hydrolysis) is 1. The maximum absolute atomic E-state index is 13.7. The van der Waals surface area contributed by atoms with Gasteiger partial charge in [0.2, 0.25) is 15.9 Å². The van der Waals surface area contributed by atoms with Crippen molar-refractivity contribution in [3.63, 3.8) is 0 Å². The smallest absolute Gasteiger partial charge is 0.408 e. The number of ether oxygens (including phenoxy) is 1. The van der Waals surface area contributed by atoms with E-state index >= 15 is 0 Å². The highest BCUT2D eigenvalue weighted by Crippen LogP contribution is 2.35. The average Bonchev–Trinajstić information content (AvgIpc) is 3.68. The normalized spacial score (nSPS) is 23.9. The number of rotatable bonds is 8. The summed E-state index contributed by atoms with van der Waals surface area (Å²) in [6, 6.07) is 14.3. The van der Waals surface area contributed by atoms with Crippen LogP contribution in [0, 0.1) is 17.1 Å². The molecule has 3 fully saturated rings. The lowest BCUT2D eigenvalue weighted by molar-refractivity contribution is -0.134. The summed E-state index contributed by atoms with van der Waals surface area (Å²) in [5, 5.41) is 12.2. The first-order chi connectivity index (χ1) is 18.8. The molecule has 0 radical (unpaired) electrons. The van der Waals surface area contributed by atoms with E-state index in [0.29, 0.717) is 32.4 Å². The standard InChI is InChI=1S/C27H30FN5O5S/c28-20-8-4-10-24(12-20)39(36,37)33-16-22-13-23(33)15-31(22)17-25(26(34)32-11-5-9-21(32)14-29)30-27(35)38-18-19-6-2-1-3-7-19/h1-4,6-8,10,12,21-23,25H,5,9,11,13,15-18H2,(H,30,35)/t21-,22+,23+,25-/m0/s1. The van der Waals surface area contributed by atoms with Crippen LogP contribution in [0.1, 0.15) is 24.8 Å². The van der Waals surface area contributed by atoms with Gasteiger partial charge in [0.25, 0.3) is 0 Å². The second-order valence-corrected chi connectivity index (χ2v) is 12.0. The van der Waals surface area contributed by atoms with E-state index in [1.54, 1.807) is 0 Å². The summed E-state index contributed by atoms with van der Waals surface area (Å²) in [6.45, 7) is 1.20. The number of amides is 2. The van der Waals surface area contributed by atoms with Crippen molar-refractivity contribution >= 4 is 22.0 Å². The van der Waals surface area contributed by atoms with E-state index in [4.69, 9.17) is 4.74 Å². The van der Waals surface area contributed by atoms with Gasteiger partial charge in [0.05, 0.1) is 11.0 Å². The van der Waals surface area contributed by atoms with E-state index in [9.17, 15) is 27.7 Å². The molecule has 0 saturated carbocycles. The number of fused-ring (bicyclic) bond motifs is 2. The molecule has 2 bridgehead atoms. The summed E-state index contributed by atoms with van der Waals surface area (Å²) in [7, 11) is -3.87. The van der Waals surface area contributed by atoms with Gasteiger partial charge in [-0.1, -0.05) is 36.4 Å². The van der Waals surface area contributed by atoms with Crippen molar-refractivity contribution in [2.75, 3.05) is 26.2 Å². The first-order valence-electron chi connectivity index (χ1n) is 12.9. The molecule has 3 saturated heterocycles. The molecule has 0 aromatic heterocycles. The van der Waals surface area contributed by atoms with Crippen molar-refractivity contribution in [2.45, 2.75) is 54.9 Å². The zero-order valence-electron chi connectivity index (χ0n) is 21.3. The molecule has 1 N–H and O–H groups in total. The molecule has 2 amide bonds. The third kappa shape index (κ3) is 5.75. The molecule has 4 atom stereocenters. The first-order valence-corrected chi connectivity index (χ1v) is 14.4. The fourth-order valence-electron chi connectivity index (χ4n) is 5.69. The molecule has 10 nitrogen and oxygen atoms in total. The number of sulfonamides is 1. The number of likely N-dealkylation sites (tertiary alicyclic amines) is 2. The molecule has 39 heavy (non-hydrogen) atoms. The first kappa shape index (κ1) is 27.1. The molecule has 3 aliphatic heterocycles. The maximum atomic E-state index is 13.7. The molecule has 0 aliphatic carbocycles. The summed E-state index contributed by atoms with van der Waals surface area (Å²) in [4.78, 5) is 29.6. The van der Waals surface area contributed by atoms with Crippen LogP contribution in [-0.4, -0.2) is 84.9 Å². The van der Waals surface area contributed by atoms with E-state index in [1.807, 2.05) is 35.2 Å².